The number of amides is 2. The predicted molar refractivity (Wildman–Crippen MR) is 118 cm³/mol. The Labute approximate surface area is 179 Å². The molecule has 29 heavy (non-hydrogen) atoms. The smallest absolute Gasteiger partial charge is 0.241 e. The normalized spacial score (nSPS) is 13.5. The molecule has 0 spiro atoms. The number of likely N-dealkylation sites (tertiary alicyclic amines) is 1. The van der Waals surface area contributed by atoms with E-state index in [9.17, 15) is 9.59 Å². The second-order valence-electron chi connectivity index (χ2n) is 6.81. The van der Waals surface area contributed by atoms with Gasteiger partial charge in [0.1, 0.15) is 0 Å². The van der Waals surface area contributed by atoms with Crippen LogP contribution in [0.25, 0.3) is 0 Å². The van der Waals surface area contributed by atoms with Gasteiger partial charge < -0.3 is 15.5 Å². The Kier molecular flexibility index (Phi) is 7.88. The van der Waals surface area contributed by atoms with Crippen LogP contribution in [-0.2, 0) is 22.4 Å². The molecule has 156 valence electrons. The van der Waals surface area contributed by atoms with Crippen LogP contribution in [0.15, 0.2) is 22.5 Å². The van der Waals surface area contributed by atoms with Crippen molar-refractivity contribution in [1.82, 2.24) is 20.4 Å². The van der Waals surface area contributed by atoms with Crippen LogP contribution in [0.4, 0.5) is 10.8 Å². The molecule has 7 nitrogen and oxygen atoms in total. The van der Waals surface area contributed by atoms with E-state index in [1.807, 2.05) is 0 Å². The van der Waals surface area contributed by atoms with Gasteiger partial charge in [0, 0.05) is 18.8 Å². The van der Waals surface area contributed by atoms with Gasteiger partial charge in [-0.15, -0.1) is 10.2 Å². The third-order valence-electron chi connectivity index (χ3n) is 4.86. The SMILES string of the molecule is CCc1cccc(CC)c1Nc1nnc(SCC(=O)NCC(=O)N2CCCC2)s1. The van der Waals surface area contributed by atoms with Crippen molar-refractivity contribution >= 4 is 45.7 Å². The molecule has 1 saturated heterocycles. The lowest BCUT2D eigenvalue weighted by atomic mass is 10.0. The Morgan fingerprint density at radius 3 is 2.48 bits per heavy atom. The van der Waals surface area contributed by atoms with Crippen molar-refractivity contribution in [3.63, 3.8) is 0 Å². The molecule has 2 heterocycles. The molecule has 9 heteroatoms. The van der Waals surface area contributed by atoms with Gasteiger partial charge in [0.15, 0.2) is 4.34 Å². The quantitative estimate of drug-likeness (QED) is 0.591. The average molecular weight is 434 g/mol. The van der Waals surface area contributed by atoms with Crippen LogP contribution >= 0.6 is 23.1 Å². The number of nitrogens with zero attached hydrogens (tertiary/aromatic N) is 3. The Morgan fingerprint density at radius 1 is 1.14 bits per heavy atom. The second-order valence-corrected chi connectivity index (χ2v) is 9.01. The maximum atomic E-state index is 12.0. The van der Waals surface area contributed by atoms with Crippen LogP contribution in [0.5, 0.6) is 0 Å². The van der Waals surface area contributed by atoms with Gasteiger partial charge in [0.25, 0.3) is 0 Å². The molecule has 1 aliphatic rings. The molecule has 0 bridgehead atoms. The zero-order valence-corrected chi connectivity index (χ0v) is 18.5. The molecule has 2 N–H and O–H groups in total. The van der Waals surface area contributed by atoms with Gasteiger partial charge in [-0.1, -0.05) is 55.1 Å². The zero-order valence-electron chi connectivity index (χ0n) is 16.9. The van der Waals surface area contributed by atoms with Crippen LogP contribution in [0.1, 0.15) is 37.8 Å². The van der Waals surface area contributed by atoms with Gasteiger partial charge >= 0.3 is 0 Å². The molecule has 0 unspecified atom stereocenters. The molecule has 2 aromatic rings. The fraction of sp³-hybridized carbons (Fsp3) is 0.500. The first kappa shape index (κ1) is 21.6. The molecule has 0 saturated carbocycles. The highest BCUT2D eigenvalue weighted by molar-refractivity contribution is 8.01. The minimum atomic E-state index is -0.170. The summed E-state index contributed by atoms with van der Waals surface area (Å²) in [5.74, 6) is 0.0367. The summed E-state index contributed by atoms with van der Waals surface area (Å²) < 4.78 is 0.723. The fourth-order valence-electron chi connectivity index (χ4n) is 3.26. The van der Waals surface area contributed by atoms with Gasteiger partial charge in [0.05, 0.1) is 12.3 Å². The summed E-state index contributed by atoms with van der Waals surface area (Å²) in [5, 5.41) is 15.2. The van der Waals surface area contributed by atoms with Crippen LogP contribution in [0.3, 0.4) is 0 Å². The minimum absolute atomic E-state index is 0.00966. The largest absolute Gasteiger partial charge is 0.346 e. The molecular formula is C20H27N5O2S2. The molecule has 3 rings (SSSR count). The number of hydrogen-bond donors (Lipinski definition) is 2. The van der Waals surface area contributed by atoms with Crippen LogP contribution < -0.4 is 10.6 Å². The van der Waals surface area contributed by atoms with Gasteiger partial charge in [-0.2, -0.15) is 0 Å². The fourth-order valence-corrected chi connectivity index (χ4v) is 4.85. The van der Waals surface area contributed by atoms with E-state index in [1.54, 1.807) is 4.90 Å². The van der Waals surface area contributed by atoms with Gasteiger partial charge in [-0.05, 0) is 36.8 Å². The number of benzene rings is 1. The topological polar surface area (TPSA) is 87.2 Å². The van der Waals surface area contributed by atoms with Crippen molar-refractivity contribution in [1.29, 1.82) is 0 Å². The molecule has 0 aliphatic carbocycles. The standard InChI is InChI=1S/C20H27N5O2S2/c1-3-14-8-7-9-15(4-2)18(14)22-19-23-24-20(29-19)28-13-16(26)21-12-17(27)25-10-5-6-11-25/h7-9H,3-6,10-13H2,1-2H3,(H,21,26)(H,22,23). The number of carbonyl (C=O) groups is 2. The third kappa shape index (κ3) is 5.93. The molecule has 1 fully saturated rings. The van der Waals surface area contributed by atoms with Crippen molar-refractivity contribution in [3.8, 4) is 0 Å². The zero-order chi connectivity index (χ0) is 20.6. The first-order valence-electron chi connectivity index (χ1n) is 9.99. The van der Waals surface area contributed by atoms with Gasteiger partial charge in [0.2, 0.25) is 16.9 Å². The van der Waals surface area contributed by atoms with E-state index in [1.165, 1.54) is 34.2 Å². The van der Waals surface area contributed by atoms with E-state index in [0.717, 1.165) is 48.8 Å². The summed E-state index contributed by atoms with van der Waals surface area (Å²) in [7, 11) is 0. The molecule has 1 aromatic heterocycles. The summed E-state index contributed by atoms with van der Waals surface area (Å²) in [6, 6.07) is 6.31. The Balaban J connectivity index is 1.49. The number of rotatable bonds is 9. The number of para-hydroxylation sites is 1. The Morgan fingerprint density at radius 2 is 1.83 bits per heavy atom. The number of aryl methyl sites for hydroxylation is 2. The van der Waals surface area contributed by atoms with Gasteiger partial charge in [-0.3, -0.25) is 9.59 Å². The lowest BCUT2D eigenvalue weighted by Gasteiger charge is -2.15. The number of aromatic nitrogens is 2. The second kappa shape index (κ2) is 10.6. The van der Waals surface area contributed by atoms with E-state index in [4.69, 9.17) is 0 Å². The number of thioether (sulfide) groups is 1. The number of hydrogen-bond acceptors (Lipinski definition) is 7. The molecule has 0 atom stereocenters. The van der Waals surface area contributed by atoms with Crippen molar-refractivity contribution in [3.05, 3.63) is 29.3 Å². The van der Waals surface area contributed by atoms with Crippen LogP contribution in [-0.4, -0.2) is 52.3 Å². The molecule has 0 radical (unpaired) electrons. The average Bonchev–Trinajstić information content (AvgIpc) is 3.43. The predicted octanol–water partition coefficient (Wildman–Crippen LogP) is 3.24. The lowest BCUT2D eigenvalue weighted by molar-refractivity contribution is -0.131. The summed E-state index contributed by atoms with van der Waals surface area (Å²) in [6.45, 7) is 5.93. The molecular weight excluding hydrogens is 406 g/mol. The van der Waals surface area contributed by atoms with Crippen molar-refractivity contribution in [2.45, 2.75) is 43.9 Å². The summed E-state index contributed by atoms with van der Waals surface area (Å²) in [5.41, 5.74) is 3.59. The summed E-state index contributed by atoms with van der Waals surface area (Å²) >= 11 is 2.76. The lowest BCUT2D eigenvalue weighted by Crippen LogP contribution is -2.39. The molecule has 2 amide bonds. The van der Waals surface area contributed by atoms with E-state index < -0.39 is 0 Å². The highest BCUT2D eigenvalue weighted by Crippen LogP contribution is 2.31. The van der Waals surface area contributed by atoms with E-state index in [0.29, 0.717) is 5.13 Å². The minimum Gasteiger partial charge on any atom is -0.346 e. The highest BCUT2D eigenvalue weighted by atomic mass is 32.2. The van der Waals surface area contributed by atoms with Crippen molar-refractivity contribution in [2.75, 3.05) is 30.7 Å². The third-order valence-corrected chi connectivity index (χ3v) is 6.83. The summed E-state index contributed by atoms with van der Waals surface area (Å²) in [6.07, 6.45) is 3.97. The maximum Gasteiger partial charge on any atom is 0.241 e. The van der Waals surface area contributed by atoms with Crippen molar-refractivity contribution in [2.24, 2.45) is 0 Å². The number of nitrogens with one attached hydrogen (secondary N) is 2. The first-order valence-corrected chi connectivity index (χ1v) is 11.8. The van der Waals surface area contributed by atoms with Crippen LogP contribution in [0.2, 0.25) is 0 Å². The molecule has 1 aromatic carbocycles. The highest BCUT2D eigenvalue weighted by Gasteiger charge is 2.18. The Hall–Kier alpha value is -2.13. The number of anilines is 2. The van der Waals surface area contributed by atoms with Crippen LogP contribution in [0, 0.1) is 0 Å². The monoisotopic (exact) mass is 433 g/mol. The summed E-state index contributed by atoms with van der Waals surface area (Å²) in [4.78, 5) is 25.8. The van der Waals surface area contributed by atoms with E-state index in [2.05, 4.69) is 52.9 Å². The van der Waals surface area contributed by atoms with E-state index >= 15 is 0 Å². The first-order chi connectivity index (χ1) is 14.1. The Bertz CT molecular complexity index is 827. The van der Waals surface area contributed by atoms with Crippen molar-refractivity contribution < 1.29 is 9.59 Å². The maximum absolute atomic E-state index is 12.0. The van der Waals surface area contributed by atoms with Gasteiger partial charge in [-0.25, -0.2) is 0 Å². The number of carbonyl (C=O) groups excluding carboxylic acids is 2. The molecule has 1 aliphatic heterocycles. The van der Waals surface area contributed by atoms with E-state index in [-0.39, 0.29) is 24.1 Å².